The van der Waals surface area contributed by atoms with Crippen molar-refractivity contribution >= 4 is 6.21 Å². The summed E-state index contributed by atoms with van der Waals surface area (Å²) < 4.78 is 2.13. The molecule has 0 atom stereocenters. The SMILES string of the molecule is CC(C)C1=CC=C=CC=[N+]1C. The van der Waals surface area contributed by atoms with Crippen molar-refractivity contribution in [1.29, 1.82) is 0 Å². The van der Waals surface area contributed by atoms with Crippen molar-refractivity contribution in [2.24, 2.45) is 5.92 Å². The normalized spacial score (nSPS) is 16.4. The molecule has 0 radical (unpaired) electrons. The van der Waals surface area contributed by atoms with Crippen LogP contribution >= 0.6 is 0 Å². The van der Waals surface area contributed by atoms with Gasteiger partial charge in [0, 0.05) is 18.1 Å². The van der Waals surface area contributed by atoms with E-state index in [1.54, 1.807) is 0 Å². The van der Waals surface area contributed by atoms with Crippen LogP contribution in [-0.2, 0) is 0 Å². The van der Waals surface area contributed by atoms with Crippen molar-refractivity contribution in [3.05, 3.63) is 29.7 Å². The second-order valence-corrected chi connectivity index (χ2v) is 3.01. The van der Waals surface area contributed by atoms with Crippen molar-refractivity contribution < 1.29 is 4.58 Å². The Hall–Kier alpha value is -1.07. The van der Waals surface area contributed by atoms with E-state index in [0.29, 0.717) is 5.92 Å². The Morgan fingerprint density at radius 2 is 2.09 bits per heavy atom. The molecule has 0 amide bonds. The summed E-state index contributed by atoms with van der Waals surface area (Å²) in [6, 6.07) is 0. The maximum Gasteiger partial charge on any atom is 0.184 e. The van der Waals surface area contributed by atoms with Gasteiger partial charge in [-0.25, -0.2) is 4.58 Å². The largest absolute Gasteiger partial charge is 0.204 e. The van der Waals surface area contributed by atoms with Gasteiger partial charge in [0.1, 0.15) is 7.05 Å². The minimum Gasteiger partial charge on any atom is -0.204 e. The van der Waals surface area contributed by atoms with Crippen LogP contribution in [0.5, 0.6) is 0 Å². The van der Waals surface area contributed by atoms with Crippen molar-refractivity contribution in [1.82, 2.24) is 0 Å². The van der Waals surface area contributed by atoms with Gasteiger partial charge in [-0.2, -0.15) is 0 Å². The van der Waals surface area contributed by atoms with Crippen molar-refractivity contribution in [3.63, 3.8) is 0 Å². The Morgan fingerprint density at radius 1 is 1.36 bits per heavy atom. The van der Waals surface area contributed by atoms with Crippen LogP contribution in [0.4, 0.5) is 0 Å². The summed E-state index contributed by atoms with van der Waals surface area (Å²) in [5, 5.41) is 0. The molecule has 1 nitrogen and oxygen atoms in total. The zero-order valence-corrected chi connectivity index (χ0v) is 7.33. The summed E-state index contributed by atoms with van der Waals surface area (Å²) in [5.74, 6) is 0.570. The van der Waals surface area contributed by atoms with Gasteiger partial charge in [0.15, 0.2) is 11.9 Å². The molecule has 11 heavy (non-hydrogen) atoms. The Kier molecular flexibility index (Phi) is 2.45. The predicted molar refractivity (Wildman–Crippen MR) is 47.8 cm³/mol. The molecule has 1 heterocycles. The molecule has 0 N–H and O–H groups in total. The third-order valence-electron chi connectivity index (χ3n) is 1.74. The maximum absolute atomic E-state index is 3.04. The first-order valence-corrected chi connectivity index (χ1v) is 3.91. The Morgan fingerprint density at radius 3 is 2.73 bits per heavy atom. The molecule has 0 fully saturated rings. The summed E-state index contributed by atoms with van der Waals surface area (Å²) in [5.41, 5.74) is 4.36. The summed E-state index contributed by atoms with van der Waals surface area (Å²) in [6.07, 6.45) is 8.00. The summed E-state index contributed by atoms with van der Waals surface area (Å²) in [6.45, 7) is 4.38. The molecule has 0 aromatic heterocycles. The average molecular weight is 148 g/mol. The molecule has 0 saturated heterocycles. The molecule has 1 aliphatic rings. The van der Waals surface area contributed by atoms with Crippen LogP contribution in [-0.4, -0.2) is 17.8 Å². The van der Waals surface area contributed by atoms with Gasteiger partial charge in [0.05, 0.1) is 0 Å². The third-order valence-corrected chi connectivity index (χ3v) is 1.74. The van der Waals surface area contributed by atoms with E-state index < -0.39 is 0 Å². The van der Waals surface area contributed by atoms with Crippen LogP contribution in [0.3, 0.4) is 0 Å². The van der Waals surface area contributed by atoms with Gasteiger partial charge < -0.3 is 0 Å². The molecule has 1 aliphatic heterocycles. The van der Waals surface area contributed by atoms with Crippen LogP contribution in [0.15, 0.2) is 29.7 Å². The summed E-state index contributed by atoms with van der Waals surface area (Å²) in [4.78, 5) is 0. The third kappa shape index (κ3) is 1.92. The highest BCUT2D eigenvalue weighted by molar-refractivity contribution is 5.66. The van der Waals surface area contributed by atoms with E-state index >= 15 is 0 Å². The van der Waals surface area contributed by atoms with E-state index in [0.717, 1.165) is 0 Å². The Labute approximate surface area is 68.1 Å². The molecular formula is C10H14N+. The first-order valence-electron chi connectivity index (χ1n) is 3.91. The van der Waals surface area contributed by atoms with Crippen LogP contribution < -0.4 is 0 Å². The molecule has 58 valence electrons. The molecule has 0 bridgehead atoms. The molecule has 0 aliphatic carbocycles. The van der Waals surface area contributed by atoms with Crippen LogP contribution in [0.25, 0.3) is 0 Å². The molecule has 0 unspecified atom stereocenters. The molecule has 1 heteroatoms. The van der Waals surface area contributed by atoms with Gasteiger partial charge in [-0.15, -0.1) is 5.73 Å². The zero-order valence-electron chi connectivity index (χ0n) is 7.33. The molecule has 0 saturated carbocycles. The first kappa shape index (κ1) is 8.03. The highest BCUT2D eigenvalue weighted by Gasteiger charge is 2.11. The van der Waals surface area contributed by atoms with E-state index in [1.807, 2.05) is 18.4 Å². The van der Waals surface area contributed by atoms with Crippen molar-refractivity contribution in [3.8, 4) is 0 Å². The van der Waals surface area contributed by atoms with Crippen LogP contribution in [0, 0.1) is 5.92 Å². The van der Waals surface area contributed by atoms with Crippen molar-refractivity contribution in [2.45, 2.75) is 13.8 Å². The zero-order chi connectivity index (χ0) is 8.27. The van der Waals surface area contributed by atoms with Crippen molar-refractivity contribution in [2.75, 3.05) is 7.05 Å². The number of hydrogen-bond acceptors (Lipinski definition) is 0. The Balaban J connectivity index is 2.97. The van der Waals surface area contributed by atoms with E-state index in [9.17, 15) is 0 Å². The van der Waals surface area contributed by atoms with Crippen LogP contribution in [0.2, 0.25) is 0 Å². The monoisotopic (exact) mass is 148 g/mol. The second kappa shape index (κ2) is 3.36. The quantitative estimate of drug-likeness (QED) is 0.395. The van der Waals surface area contributed by atoms with Gasteiger partial charge in [-0.05, 0) is 6.08 Å². The molecule has 1 rings (SSSR count). The predicted octanol–water partition coefficient (Wildman–Crippen LogP) is 1.96. The lowest BCUT2D eigenvalue weighted by Gasteiger charge is -2.03. The minimum absolute atomic E-state index is 0.570. The Bertz CT molecular complexity index is 261. The highest BCUT2D eigenvalue weighted by atomic mass is 15.0. The number of nitrogens with zero attached hydrogens (tertiary/aromatic N) is 1. The van der Waals surface area contributed by atoms with E-state index in [2.05, 4.69) is 37.3 Å². The van der Waals surface area contributed by atoms with Gasteiger partial charge in [-0.1, -0.05) is 13.8 Å². The van der Waals surface area contributed by atoms with E-state index in [4.69, 9.17) is 0 Å². The lowest BCUT2D eigenvalue weighted by molar-refractivity contribution is -0.445. The number of hydrogen-bond donors (Lipinski definition) is 0. The topological polar surface area (TPSA) is 3.01 Å². The average Bonchev–Trinajstić information content (AvgIpc) is 2.13. The number of rotatable bonds is 1. The second-order valence-electron chi connectivity index (χ2n) is 3.01. The molecule has 0 spiro atoms. The van der Waals surface area contributed by atoms with Gasteiger partial charge >= 0.3 is 0 Å². The van der Waals surface area contributed by atoms with Gasteiger partial charge in [-0.3, -0.25) is 0 Å². The molecular weight excluding hydrogens is 134 g/mol. The van der Waals surface area contributed by atoms with Gasteiger partial charge in [0.25, 0.3) is 0 Å². The highest BCUT2D eigenvalue weighted by Crippen LogP contribution is 2.09. The minimum atomic E-state index is 0.570. The first-order chi connectivity index (χ1) is 5.22. The fourth-order valence-corrected chi connectivity index (χ4v) is 1.15. The molecule has 0 aromatic rings. The lowest BCUT2D eigenvalue weighted by Crippen LogP contribution is -2.10. The van der Waals surface area contributed by atoms with Crippen LogP contribution in [0.1, 0.15) is 13.8 Å². The lowest BCUT2D eigenvalue weighted by atomic mass is 10.1. The smallest absolute Gasteiger partial charge is 0.184 e. The molecule has 0 aromatic carbocycles. The fourth-order valence-electron chi connectivity index (χ4n) is 1.15. The number of allylic oxidation sites excluding steroid dienone is 3. The fraction of sp³-hybridized carbons (Fsp3) is 0.400. The summed E-state index contributed by atoms with van der Waals surface area (Å²) >= 11 is 0. The standard InChI is InChI=1S/C10H14N/c1-9(2)10-7-5-4-6-8-11(10)3/h5-9H,1-3H3/q+1. The van der Waals surface area contributed by atoms with Gasteiger partial charge in [0.2, 0.25) is 0 Å². The van der Waals surface area contributed by atoms with E-state index in [-0.39, 0.29) is 0 Å². The van der Waals surface area contributed by atoms with E-state index in [1.165, 1.54) is 5.70 Å². The summed E-state index contributed by atoms with van der Waals surface area (Å²) in [7, 11) is 2.06. The maximum atomic E-state index is 3.04.